The maximum atomic E-state index is 12.4. The van der Waals surface area contributed by atoms with Crippen LogP contribution in [0.2, 0.25) is 0 Å². The summed E-state index contributed by atoms with van der Waals surface area (Å²) in [6, 6.07) is 8.31. The molecule has 0 bridgehead atoms. The summed E-state index contributed by atoms with van der Waals surface area (Å²) < 4.78 is 11.5. The molecule has 1 aliphatic carbocycles. The number of ether oxygens (including phenoxy) is 2. The molecule has 0 amide bonds. The Morgan fingerprint density at radius 3 is 2.69 bits per heavy atom. The van der Waals surface area contributed by atoms with Crippen molar-refractivity contribution in [2.24, 2.45) is 0 Å². The molecule has 1 unspecified atom stereocenters. The van der Waals surface area contributed by atoms with Crippen LogP contribution in [0.1, 0.15) is 59.9 Å². The number of aliphatic carboxylic acids is 1. The van der Waals surface area contributed by atoms with Crippen molar-refractivity contribution < 1.29 is 19.4 Å². The van der Waals surface area contributed by atoms with Crippen molar-refractivity contribution in [1.82, 2.24) is 0 Å². The van der Waals surface area contributed by atoms with Gasteiger partial charge in [-0.3, -0.25) is 0 Å². The zero-order valence-electron chi connectivity index (χ0n) is 17.4. The highest BCUT2D eigenvalue weighted by Crippen LogP contribution is 2.50. The summed E-state index contributed by atoms with van der Waals surface area (Å²) in [6.45, 7) is 10.1. The molecule has 4 rings (SSSR count). The number of hydrogen-bond donors (Lipinski definition) is 1. The fourth-order valence-corrected chi connectivity index (χ4v) is 4.63. The Balaban J connectivity index is 2.04. The van der Waals surface area contributed by atoms with Crippen molar-refractivity contribution in [3.05, 3.63) is 64.9 Å². The average Bonchev–Trinajstić information content (AvgIpc) is 3.53. The predicted molar refractivity (Wildman–Crippen MR) is 113 cm³/mol. The highest BCUT2D eigenvalue weighted by atomic mass is 16.5. The van der Waals surface area contributed by atoms with Crippen molar-refractivity contribution in [2.45, 2.75) is 58.0 Å². The van der Waals surface area contributed by atoms with Crippen molar-refractivity contribution in [1.29, 1.82) is 0 Å². The smallest absolute Gasteiger partial charge is 0.352 e. The van der Waals surface area contributed by atoms with Crippen LogP contribution in [0.15, 0.2) is 37.1 Å². The molecule has 2 aliphatic rings. The SMILES string of the molecule is C=COC(C)(C(=O)O)c1c(C)ccc(C2CC2)c1-c1ccc2c(c1C)CCCO2. The van der Waals surface area contributed by atoms with Crippen molar-refractivity contribution in [3.63, 3.8) is 0 Å². The number of carboxylic acids is 1. The number of rotatable bonds is 6. The molecule has 1 saturated carbocycles. The summed E-state index contributed by atoms with van der Waals surface area (Å²) in [5, 5.41) is 10.1. The first-order valence-electron chi connectivity index (χ1n) is 10.3. The van der Waals surface area contributed by atoms with E-state index in [9.17, 15) is 9.90 Å². The van der Waals surface area contributed by atoms with Crippen LogP contribution in [0, 0.1) is 13.8 Å². The molecule has 2 aromatic rings. The molecule has 29 heavy (non-hydrogen) atoms. The lowest BCUT2D eigenvalue weighted by atomic mass is 9.79. The van der Waals surface area contributed by atoms with Crippen molar-refractivity contribution in [3.8, 4) is 16.9 Å². The molecule has 1 aliphatic heterocycles. The van der Waals surface area contributed by atoms with E-state index < -0.39 is 11.6 Å². The summed E-state index contributed by atoms with van der Waals surface area (Å²) in [4.78, 5) is 12.4. The van der Waals surface area contributed by atoms with Crippen molar-refractivity contribution in [2.75, 3.05) is 6.61 Å². The number of benzene rings is 2. The fraction of sp³-hybridized carbons (Fsp3) is 0.400. The third-order valence-electron chi connectivity index (χ3n) is 6.32. The zero-order valence-corrected chi connectivity index (χ0v) is 17.4. The van der Waals surface area contributed by atoms with Crippen LogP contribution in [-0.2, 0) is 21.6 Å². The Kier molecular flexibility index (Phi) is 4.89. The van der Waals surface area contributed by atoms with Crippen LogP contribution < -0.4 is 4.74 Å². The van der Waals surface area contributed by atoms with Gasteiger partial charge in [0.25, 0.3) is 0 Å². The molecule has 0 saturated heterocycles. The first kappa shape index (κ1) is 19.6. The van der Waals surface area contributed by atoms with Gasteiger partial charge in [-0.1, -0.05) is 24.8 Å². The topological polar surface area (TPSA) is 55.8 Å². The molecular formula is C25H28O4. The van der Waals surface area contributed by atoms with Gasteiger partial charge in [-0.2, -0.15) is 0 Å². The average molecular weight is 392 g/mol. The van der Waals surface area contributed by atoms with E-state index in [1.54, 1.807) is 6.92 Å². The van der Waals surface area contributed by atoms with Crippen LogP contribution in [0.4, 0.5) is 0 Å². The number of fused-ring (bicyclic) bond motifs is 1. The standard InChI is InChI=1S/C25H28O4/c1-5-29-25(4,24(26)27)23-15(2)8-11-20(17-9-10-17)22(23)19-12-13-21-18(16(19)3)7-6-14-28-21/h5,8,11-13,17H,1,6-7,9-10,14H2,2-4H3,(H,26,27). The second kappa shape index (κ2) is 7.25. The summed E-state index contributed by atoms with van der Waals surface area (Å²) in [5.74, 6) is 0.398. The summed E-state index contributed by atoms with van der Waals surface area (Å²) in [5.41, 5.74) is 5.81. The van der Waals surface area contributed by atoms with E-state index in [4.69, 9.17) is 9.47 Å². The quantitative estimate of drug-likeness (QED) is 0.647. The van der Waals surface area contributed by atoms with Gasteiger partial charge in [0.1, 0.15) is 5.75 Å². The first-order valence-corrected chi connectivity index (χ1v) is 10.3. The van der Waals surface area contributed by atoms with Gasteiger partial charge in [-0.05, 0) is 91.8 Å². The summed E-state index contributed by atoms with van der Waals surface area (Å²) >= 11 is 0. The number of aryl methyl sites for hydroxylation is 1. The third-order valence-corrected chi connectivity index (χ3v) is 6.32. The van der Waals surface area contributed by atoms with E-state index in [0.29, 0.717) is 11.5 Å². The Morgan fingerprint density at radius 2 is 2.03 bits per heavy atom. The van der Waals surface area contributed by atoms with Gasteiger partial charge in [0, 0.05) is 5.56 Å². The Hall–Kier alpha value is -2.75. The monoisotopic (exact) mass is 392 g/mol. The molecule has 2 aromatic carbocycles. The van der Waals surface area contributed by atoms with E-state index in [2.05, 4.69) is 25.6 Å². The number of carboxylic acid groups (broad SMARTS) is 1. The Bertz CT molecular complexity index is 987. The summed E-state index contributed by atoms with van der Waals surface area (Å²) in [7, 11) is 0. The first-order chi connectivity index (χ1) is 13.9. The fourth-order valence-electron chi connectivity index (χ4n) is 4.63. The minimum atomic E-state index is -1.51. The Morgan fingerprint density at radius 1 is 1.28 bits per heavy atom. The lowest BCUT2D eigenvalue weighted by Crippen LogP contribution is -2.35. The predicted octanol–water partition coefficient (Wildman–Crippen LogP) is 5.63. The summed E-state index contributed by atoms with van der Waals surface area (Å²) in [6.07, 6.45) is 5.48. The molecule has 0 radical (unpaired) electrons. The third kappa shape index (κ3) is 3.21. The molecular weight excluding hydrogens is 364 g/mol. The van der Waals surface area contributed by atoms with Crippen LogP contribution in [-0.4, -0.2) is 17.7 Å². The maximum Gasteiger partial charge on any atom is 0.352 e. The maximum absolute atomic E-state index is 12.4. The highest BCUT2D eigenvalue weighted by molar-refractivity contribution is 5.87. The lowest BCUT2D eigenvalue weighted by molar-refractivity contribution is -0.158. The molecule has 4 heteroatoms. The lowest BCUT2D eigenvalue weighted by Gasteiger charge is -2.31. The van der Waals surface area contributed by atoms with Gasteiger partial charge in [0.05, 0.1) is 12.9 Å². The molecule has 1 fully saturated rings. The van der Waals surface area contributed by atoms with E-state index in [-0.39, 0.29) is 0 Å². The van der Waals surface area contributed by atoms with Crippen LogP contribution in [0.5, 0.6) is 5.75 Å². The molecule has 0 aromatic heterocycles. The number of hydrogen-bond acceptors (Lipinski definition) is 3. The molecule has 0 spiro atoms. The van der Waals surface area contributed by atoms with E-state index >= 15 is 0 Å². The van der Waals surface area contributed by atoms with Crippen LogP contribution in [0.25, 0.3) is 11.1 Å². The molecule has 1 atom stereocenters. The second-order valence-corrected chi connectivity index (χ2v) is 8.29. The minimum absolute atomic E-state index is 0.470. The molecule has 4 nitrogen and oxygen atoms in total. The van der Waals surface area contributed by atoms with Gasteiger partial charge in [0.15, 0.2) is 0 Å². The van der Waals surface area contributed by atoms with Crippen molar-refractivity contribution >= 4 is 5.97 Å². The Labute approximate surface area is 172 Å². The van der Waals surface area contributed by atoms with Crippen LogP contribution >= 0.6 is 0 Å². The van der Waals surface area contributed by atoms with E-state index in [1.807, 2.05) is 19.1 Å². The van der Waals surface area contributed by atoms with Gasteiger partial charge in [0.2, 0.25) is 5.60 Å². The molecule has 152 valence electrons. The molecule has 1 N–H and O–H groups in total. The minimum Gasteiger partial charge on any atom is -0.493 e. The van der Waals surface area contributed by atoms with Gasteiger partial charge < -0.3 is 14.6 Å². The van der Waals surface area contributed by atoms with Gasteiger partial charge in [-0.15, -0.1) is 0 Å². The zero-order chi connectivity index (χ0) is 20.8. The normalized spacial score (nSPS) is 17.6. The molecule has 1 heterocycles. The van der Waals surface area contributed by atoms with Gasteiger partial charge in [-0.25, -0.2) is 4.79 Å². The number of carbonyl (C=O) groups is 1. The highest BCUT2D eigenvalue weighted by Gasteiger charge is 2.42. The second-order valence-electron chi connectivity index (χ2n) is 8.29. The van der Waals surface area contributed by atoms with E-state index in [0.717, 1.165) is 54.7 Å². The van der Waals surface area contributed by atoms with E-state index in [1.165, 1.54) is 23.0 Å². The largest absolute Gasteiger partial charge is 0.493 e. The van der Waals surface area contributed by atoms with Crippen LogP contribution in [0.3, 0.4) is 0 Å². The van der Waals surface area contributed by atoms with Gasteiger partial charge >= 0.3 is 5.97 Å².